The topological polar surface area (TPSA) is 55.6 Å². The second-order valence-corrected chi connectivity index (χ2v) is 5.93. The van der Waals surface area contributed by atoms with Crippen LogP contribution in [-0.4, -0.2) is 42.6 Å². The number of nitrogens with two attached hydrogens (primary N) is 1. The van der Waals surface area contributed by atoms with Gasteiger partial charge in [0, 0.05) is 6.54 Å². The Bertz CT molecular complexity index is 279. The van der Waals surface area contributed by atoms with Crippen molar-refractivity contribution in [2.45, 2.75) is 58.4 Å². The third kappa shape index (κ3) is 5.49. The normalized spacial score (nSPS) is 24.5. The van der Waals surface area contributed by atoms with Gasteiger partial charge in [0.15, 0.2) is 0 Å². The molecule has 2 N–H and O–H groups in total. The van der Waals surface area contributed by atoms with Crippen molar-refractivity contribution in [1.82, 2.24) is 4.90 Å². The number of nitrogens with zero attached hydrogens (tertiary/aromatic N) is 1. The maximum atomic E-state index is 11.7. The lowest BCUT2D eigenvalue weighted by Crippen LogP contribution is -2.48. The first kappa shape index (κ1) is 16.4. The Labute approximate surface area is 117 Å². The van der Waals surface area contributed by atoms with Crippen LogP contribution in [0.25, 0.3) is 0 Å². The van der Waals surface area contributed by atoms with Crippen LogP contribution in [0.1, 0.15) is 52.9 Å². The highest BCUT2D eigenvalue weighted by molar-refractivity contribution is 5.79. The molecule has 0 aromatic rings. The Kier molecular flexibility index (Phi) is 6.80. The van der Waals surface area contributed by atoms with Gasteiger partial charge in [-0.05, 0) is 58.5 Å². The van der Waals surface area contributed by atoms with E-state index in [9.17, 15) is 4.79 Å². The van der Waals surface area contributed by atoms with E-state index < -0.39 is 5.54 Å². The summed E-state index contributed by atoms with van der Waals surface area (Å²) in [5.74, 6) is 0.593. The molecule has 1 fully saturated rings. The van der Waals surface area contributed by atoms with Gasteiger partial charge in [0.2, 0.25) is 0 Å². The molecule has 0 spiro atoms. The number of hydrogen-bond donors (Lipinski definition) is 1. The molecule has 2 unspecified atom stereocenters. The molecule has 0 aromatic carbocycles. The summed E-state index contributed by atoms with van der Waals surface area (Å²) in [7, 11) is 0. The van der Waals surface area contributed by atoms with Crippen LogP contribution in [0.2, 0.25) is 0 Å². The minimum atomic E-state index is -0.855. The number of ether oxygens (including phenoxy) is 1. The Hall–Kier alpha value is -0.610. The summed E-state index contributed by atoms with van der Waals surface area (Å²) in [4.78, 5) is 14.2. The first-order valence-corrected chi connectivity index (χ1v) is 7.68. The first-order valence-electron chi connectivity index (χ1n) is 7.68. The van der Waals surface area contributed by atoms with Gasteiger partial charge in [0.25, 0.3) is 0 Å². The summed E-state index contributed by atoms with van der Waals surface area (Å²) in [6.45, 7) is 9.42. The Morgan fingerprint density at radius 1 is 1.37 bits per heavy atom. The average molecular weight is 270 g/mol. The van der Waals surface area contributed by atoms with Gasteiger partial charge in [-0.3, -0.25) is 4.79 Å². The van der Waals surface area contributed by atoms with Gasteiger partial charge in [-0.15, -0.1) is 0 Å². The van der Waals surface area contributed by atoms with Crippen molar-refractivity contribution >= 4 is 5.97 Å². The molecule has 0 radical (unpaired) electrons. The number of esters is 1. The fraction of sp³-hybridized carbons (Fsp3) is 0.933. The summed E-state index contributed by atoms with van der Waals surface area (Å²) >= 11 is 0. The fourth-order valence-electron chi connectivity index (χ4n) is 2.65. The minimum Gasteiger partial charge on any atom is -0.465 e. The Balaban J connectivity index is 2.37. The van der Waals surface area contributed by atoms with Gasteiger partial charge in [0.05, 0.1) is 6.61 Å². The average Bonchev–Trinajstić information content (AvgIpc) is 2.61. The highest BCUT2D eigenvalue weighted by Gasteiger charge is 2.30. The fourth-order valence-corrected chi connectivity index (χ4v) is 2.65. The Morgan fingerprint density at radius 2 is 2.11 bits per heavy atom. The van der Waals surface area contributed by atoms with Gasteiger partial charge >= 0.3 is 5.97 Å². The van der Waals surface area contributed by atoms with Gasteiger partial charge < -0.3 is 15.4 Å². The van der Waals surface area contributed by atoms with E-state index in [1.54, 1.807) is 6.92 Å². The van der Waals surface area contributed by atoms with Crippen LogP contribution in [0, 0.1) is 5.92 Å². The summed E-state index contributed by atoms with van der Waals surface area (Å²) in [5.41, 5.74) is 5.20. The predicted octanol–water partition coefficient (Wildman–Crippen LogP) is 2.17. The standard InChI is InChI=1S/C15H30N2O2/c1-4-13-7-6-10-17(11-8-13)12-9-15(3,16)14(18)19-5-2/h13H,4-12,16H2,1-3H3. The molecule has 1 aliphatic rings. The zero-order chi connectivity index (χ0) is 14.3. The zero-order valence-electron chi connectivity index (χ0n) is 12.8. The van der Waals surface area contributed by atoms with Crippen LogP contribution in [0.5, 0.6) is 0 Å². The lowest BCUT2D eigenvalue weighted by atomic mass is 9.98. The van der Waals surface area contributed by atoms with Gasteiger partial charge in [-0.25, -0.2) is 0 Å². The molecular formula is C15H30N2O2. The highest BCUT2D eigenvalue weighted by Crippen LogP contribution is 2.21. The minimum absolute atomic E-state index is 0.281. The van der Waals surface area contributed by atoms with Crippen molar-refractivity contribution < 1.29 is 9.53 Å². The molecule has 0 saturated carbocycles. The summed E-state index contributed by atoms with van der Waals surface area (Å²) < 4.78 is 5.02. The molecule has 4 nitrogen and oxygen atoms in total. The van der Waals surface area contributed by atoms with E-state index in [1.165, 1.54) is 25.7 Å². The van der Waals surface area contributed by atoms with Crippen LogP contribution in [0.4, 0.5) is 0 Å². The number of rotatable bonds is 6. The third-order valence-electron chi connectivity index (χ3n) is 4.21. The largest absolute Gasteiger partial charge is 0.465 e. The molecule has 1 aliphatic heterocycles. The van der Waals surface area contributed by atoms with Crippen LogP contribution < -0.4 is 5.73 Å². The first-order chi connectivity index (χ1) is 8.99. The van der Waals surface area contributed by atoms with Crippen LogP contribution >= 0.6 is 0 Å². The molecule has 0 aromatic heterocycles. The smallest absolute Gasteiger partial charge is 0.325 e. The lowest BCUT2D eigenvalue weighted by Gasteiger charge is -2.27. The molecule has 0 bridgehead atoms. The quantitative estimate of drug-likeness (QED) is 0.752. The van der Waals surface area contributed by atoms with E-state index in [-0.39, 0.29) is 5.97 Å². The molecule has 1 saturated heterocycles. The highest BCUT2D eigenvalue weighted by atomic mass is 16.5. The van der Waals surface area contributed by atoms with E-state index in [2.05, 4.69) is 11.8 Å². The van der Waals surface area contributed by atoms with E-state index >= 15 is 0 Å². The number of hydrogen-bond acceptors (Lipinski definition) is 4. The predicted molar refractivity (Wildman–Crippen MR) is 77.9 cm³/mol. The van der Waals surface area contributed by atoms with Crippen molar-refractivity contribution in [1.29, 1.82) is 0 Å². The maximum absolute atomic E-state index is 11.7. The summed E-state index contributed by atoms with van der Waals surface area (Å²) in [5, 5.41) is 0. The molecule has 0 amide bonds. The molecular weight excluding hydrogens is 240 g/mol. The van der Waals surface area contributed by atoms with Gasteiger partial charge in [-0.2, -0.15) is 0 Å². The number of carbonyl (C=O) groups is 1. The summed E-state index contributed by atoms with van der Waals surface area (Å²) in [6.07, 6.45) is 5.83. The van der Waals surface area contributed by atoms with Crippen molar-refractivity contribution in [3.05, 3.63) is 0 Å². The molecule has 0 aliphatic carbocycles. The van der Waals surface area contributed by atoms with Crippen molar-refractivity contribution in [2.75, 3.05) is 26.2 Å². The lowest BCUT2D eigenvalue weighted by molar-refractivity contribution is -0.149. The third-order valence-corrected chi connectivity index (χ3v) is 4.21. The van der Waals surface area contributed by atoms with Gasteiger partial charge in [-0.1, -0.05) is 13.3 Å². The second-order valence-electron chi connectivity index (χ2n) is 5.93. The van der Waals surface area contributed by atoms with Crippen molar-refractivity contribution in [2.24, 2.45) is 11.7 Å². The maximum Gasteiger partial charge on any atom is 0.325 e. The number of likely N-dealkylation sites (tertiary alicyclic amines) is 1. The molecule has 4 heteroatoms. The Morgan fingerprint density at radius 3 is 2.74 bits per heavy atom. The van der Waals surface area contributed by atoms with Crippen molar-refractivity contribution in [3.8, 4) is 0 Å². The van der Waals surface area contributed by atoms with Crippen molar-refractivity contribution in [3.63, 3.8) is 0 Å². The van der Waals surface area contributed by atoms with Gasteiger partial charge in [0.1, 0.15) is 5.54 Å². The van der Waals surface area contributed by atoms with Crippen LogP contribution in [0.3, 0.4) is 0 Å². The van der Waals surface area contributed by atoms with Crippen LogP contribution in [0.15, 0.2) is 0 Å². The van der Waals surface area contributed by atoms with Crippen LogP contribution in [-0.2, 0) is 9.53 Å². The second kappa shape index (κ2) is 7.85. The van der Waals surface area contributed by atoms with E-state index in [0.29, 0.717) is 13.0 Å². The summed E-state index contributed by atoms with van der Waals surface area (Å²) in [6, 6.07) is 0. The van der Waals surface area contributed by atoms with E-state index in [1.807, 2.05) is 6.92 Å². The monoisotopic (exact) mass is 270 g/mol. The van der Waals surface area contributed by atoms with E-state index in [4.69, 9.17) is 10.5 Å². The molecule has 112 valence electrons. The SMILES string of the molecule is CCOC(=O)C(C)(N)CCN1CCCC(CC)CC1. The molecule has 19 heavy (non-hydrogen) atoms. The zero-order valence-corrected chi connectivity index (χ0v) is 12.8. The molecule has 1 heterocycles. The number of carbonyl (C=O) groups excluding carboxylic acids is 1. The molecule has 1 rings (SSSR count). The van der Waals surface area contributed by atoms with E-state index in [0.717, 1.165) is 25.6 Å². The molecule has 2 atom stereocenters.